The molecule has 3 N–H and O–H groups in total. The summed E-state index contributed by atoms with van der Waals surface area (Å²) in [6, 6.07) is 15.7. The number of para-hydroxylation sites is 1. The molecule has 0 radical (unpaired) electrons. The second-order valence-corrected chi connectivity index (χ2v) is 4.89. The predicted octanol–water partition coefficient (Wildman–Crippen LogP) is 3.49. The fourth-order valence-electron chi connectivity index (χ4n) is 2.20. The van der Waals surface area contributed by atoms with E-state index < -0.39 is 0 Å². The molecule has 0 fully saturated rings. The molecule has 0 aliphatic heterocycles. The van der Waals surface area contributed by atoms with Crippen LogP contribution in [-0.2, 0) is 6.42 Å². The van der Waals surface area contributed by atoms with Crippen molar-refractivity contribution in [3.05, 3.63) is 64.7 Å². The summed E-state index contributed by atoms with van der Waals surface area (Å²) in [7, 11) is 0. The van der Waals surface area contributed by atoms with Gasteiger partial charge in [0.2, 0.25) is 0 Å². The van der Waals surface area contributed by atoms with E-state index in [9.17, 15) is 0 Å². The van der Waals surface area contributed by atoms with Gasteiger partial charge >= 0.3 is 0 Å². The summed E-state index contributed by atoms with van der Waals surface area (Å²) in [4.78, 5) is 0. The van der Waals surface area contributed by atoms with E-state index in [1.54, 1.807) is 0 Å². The first-order chi connectivity index (χ1) is 9.76. The molecule has 2 rings (SSSR count). The normalized spacial score (nSPS) is 12.2. The van der Waals surface area contributed by atoms with Crippen LogP contribution in [0.1, 0.15) is 24.1 Å². The third-order valence-electron chi connectivity index (χ3n) is 3.18. The van der Waals surface area contributed by atoms with E-state index in [1.807, 2.05) is 55.5 Å². The van der Waals surface area contributed by atoms with Crippen LogP contribution in [0.25, 0.3) is 0 Å². The Labute approximate surface area is 124 Å². The van der Waals surface area contributed by atoms with Crippen molar-refractivity contribution >= 4 is 11.6 Å². The third kappa shape index (κ3) is 3.51. The lowest BCUT2D eigenvalue weighted by Crippen LogP contribution is -2.30. The van der Waals surface area contributed by atoms with Gasteiger partial charge in [-0.25, -0.2) is 0 Å². The molecular formula is C16H19ClN2O. The number of hydrogen-bond acceptors (Lipinski definition) is 3. The summed E-state index contributed by atoms with van der Waals surface area (Å²) in [5.41, 5.74) is 4.95. The van der Waals surface area contributed by atoms with Crippen LogP contribution < -0.4 is 16.0 Å². The van der Waals surface area contributed by atoms with E-state index in [1.165, 1.54) is 0 Å². The summed E-state index contributed by atoms with van der Waals surface area (Å²) < 4.78 is 5.66. The first-order valence-electron chi connectivity index (χ1n) is 6.67. The fraction of sp³-hybridized carbons (Fsp3) is 0.250. The molecule has 20 heavy (non-hydrogen) atoms. The molecule has 0 bridgehead atoms. The molecule has 2 aromatic carbocycles. The van der Waals surface area contributed by atoms with Crippen molar-refractivity contribution < 1.29 is 4.74 Å². The minimum atomic E-state index is -0.0438. The van der Waals surface area contributed by atoms with Gasteiger partial charge in [0.15, 0.2) is 0 Å². The number of ether oxygens (including phenoxy) is 1. The topological polar surface area (TPSA) is 47.3 Å². The number of nitrogens with two attached hydrogens (primary N) is 1. The molecule has 3 nitrogen and oxygen atoms in total. The molecular weight excluding hydrogens is 272 g/mol. The Bertz CT molecular complexity index is 560. The first-order valence-corrected chi connectivity index (χ1v) is 7.05. The molecule has 4 heteroatoms. The fourth-order valence-corrected chi connectivity index (χ4v) is 2.41. The van der Waals surface area contributed by atoms with Crippen molar-refractivity contribution in [2.75, 3.05) is 6.61 Å². The largest absolute Gasteiger partial charge is 0.494 e. The second kappa shape index (κ2) is 7.29. The molecule has 0 heterocycles. The maximum absolute atomic E-state index is 6.21. The van der Waals surface area contributed by atoms with Crippen LogP contribution in [0.3, 0.4) is 0 Å². The van der Waals surface area contributed by atoms with Crippen molar-refractivity contribution in [1.82, 2.24) is 5.43 Å². The number of hydrogen-bond donors (Lipinski definition) is 2. The molecule has 0 saturated heterocycles. The van der Waals surface area contributed by atoms with Crippen LogP contribution >= 0.6 is 11.6 Å². The SMILES string of the molecule is CCOc1ccccc1C(Cc1ccccc1Cl)NN. The number of halogens is 1. The maximum Gasteiger partial charge on any atom is 0.124 e. The number of rotatable bonds is 6. The molecule has 0 aliphatic rings. The standard InChI is InChI=1S/C16H19ClN2O/c1-2-20-16-10-6-4-8-13(16)15(19-18)11-12-7-3-5-9-14(12)17/h3-10,15,19H,2,11,18H2,1H3. The first kappa shape index (κ1) is 14.9. The van der Waals surface area contributed by atoms with E-state index in [-0.39, 0.29) is 6.04 Å². The molecule has 0 aromatic heterocycles. The van der Waals surface area contributed by atoms with E-state index in [2.05, 4.69) is 5.43 Å². The smallest absolute Gasteiger partial charge is 0.124 e. The Morgan fingerprint density at radius 3 is 2.55 bits per heavy atom. The average molecular weight is 291 g/mol. The summed E-state index contributed by atoms with van der Waals surface area (Å²) in [6.07, 6.45) is 0.709. The molecule has 1 unspecified atom stereocenters. The molecule has 0 spiro atoms. The van der Waals surface area contributed by atoms with Crippen molar-refractivity contribution in [2.24, 2.45) is 5.84 Å². The minimum Gasteiger partial charge on any atom is -0.494 e. The zero-order valence-electron chi connectivity index (χ0n) is 11.5. The van der Waals surface area contributed by atoms with E-state index in [4.69, 9.17) is 22.2 Å². The highest BCUT2D eigenvalue weighted by molar-refractivity contribution is 6.31. The monoisotopic (exact) mass is 290 g/mol. The Morgan fingerprint density at radius 1 is 1.15 bits per heavy atom. The van der Waals surface area contributed by atoms with Crippen LogP contribution in [0.5, 0.6) is 5.75 Å². The predicted molar refractivity (Wildman–Crippen MR) is 82.8 cm³/mol. The Balaban J connectivity index is 2.27. The summed E-state index contributed by atoms with van der Waals surface area (Å²) in [5.74, 6) is 6.57. The Kier molecular flexibility index (Phi) is 5.41. The van der Waals surface area contributed by atoms with Crippen LogP contribution in [0.4, 0.5) is 0 Å². The van der Waals surface area contributed by atoms with Crippen molar-refractivity contribution in [1.29, 1.82) is 0 Å². The van der Waals surface area contributed by atoms with Gasteiger partial charge in [-0.2, -0.15) is 0 Å². The van der Waals surface area contributed by atoms with Crippen LogP contribution in [0.2, 0.25) is 5.02 Å². The minimum absolute atomic E-state index is 0.0438. The molecule has 0 saturated carbocycles. The van der Waals surface area contributed by atoms with Gasteiger partial charge in [0, 0.05) is 10.6 Å². The lowest BCUT2D eigenvalue weighted by molar-refractivity contribution is 0.331. The highest BCUT2D eigenvalue weighted by Gasteiger charge is 2.16. The zero-order chi connectivity index (χ0) is 14.4. The molecule has 0 aliphatic carbocycles. The number of benzene rings is 2. The van der Waals surface area contributed by atoms with E-state index in [0.29, 0.717) is 13.0 Å². The second-order valence-electron chi connectivity index (χ2n) is 4.49. The summed E-state index contributed by atoms with van der Waals surface area (Å²) >= 11 is 6.21. The van der Waals surface area contributed by atoms with E-state index >= 15 is 0 Å². The van der Waals surface area contributed by atoms with Crippen molar-refractivity contribution in [2.45, 2.75) is 19.4 Å². The van der Waals surface area contributed by atoms with Gasteiger partial charge in [0.05, 0.1) is 12.6 Å². The lowest BCUT2D eigenvalue weighted by Gasteiger charge is -2.20. The summed E-state index contributed by atoms with van der Waals surface area (Å²) in [5, 5.41) is 0.752. The third-order valence-corrected chi connectivity index (χ3v) is 3.55. The van der Waals surface area contributed by atoms with Gasteiger partial charge < -0.3 is 4.74 Å². The number of hydrazine groups is 1. The van der Waals surface area contributed by atoms with Gasteiger partial charge in [-0.05, 0) is 31.0 Å². The molecule has 106 valence electrons. The van der Waals surface area contributed by atoms with Crippen molar-refractivity contribution in [3.8, 4) is 5.75 Å². The van der Waals surface area contributed by atoms with Gasteiger partial charge in [0.25, 0.3) is 0 Å². The Morgan fingerprint density at radius 2 is 1.85 bits per heavy atom. The van der Waals surface area contributed by atoms with Gasteiger partial charge in [0.1, 0.15) is 5.75 Å². The number of nitrogens with one attached hydrogen (secondary N) is 1. The molecule has 1 atom stereocenters. The van der Waals surface area contributed by atoms with Gasteiger partial charge in [-0.1, -0.05) is 48.0 Å². The van der Waals surface area contributed by atoms with Crippen LogP contribution in [0.15, 0.2) is 48.5 Å². The van der Waals surface area contributed by atoms with Crippen LogP contribution in [-0.4, -0.2) is 6.61 Å². The van der Waals surface area contributed by atoms with Gasteiger partial charge in [-0.15, -0.1) is 0 Å². The van der Waals surface area contributed by atoms with E-state index in [0.717, 1.165) is 21.9 Å². The average Bonchev–Trinajstić information content (AvgIpc) is 2.48. The highest BCUT2D eigenvalue weighted by Crippen LogP contribution is 2.29. The quantitative estimate of drug-likeness (QED) is 0.632. The maximum atomic E-state index is 6.21. The molecule has 2 aromatic rings. The lowest BCUT2D eigenvalue weighted by atomic mass is 9.98. The van der Waals surface area contributed by atoms with Gasteiger partial charge in [-0.3, -0.25) is 11.3 Å². The summed E-state index contributed by atoms with van der Waals surface area (Å²) in [6.45, 7) is 2.59. The molecule has 0 amide bonds. The van der Waals surface area contributed by atoms with Crippen LogP contribution in [0, 0.1) is 0 Å². The van der Waals surface area contributed by atoms with Crippen molar-refractivity contribution in [3.63, 3.8) is 0 Å². The highest BCUT2D eigenvalue weighted by atomic mass is 35.5. The zero-order valence-corrected chi connectivity index (χ0v) is 12.2. The Hall–Kier alpha value is -1.55.